The van der Waals surface area contributed by atoms with Gasteiger partial charge in [0.15, 0.2) is 0 Å². The fourth-order valence-electron chi connectivity index (χ4n) is 3.09. The number of nitrogens with one attached hydrogen (secondary N) is 2. The van der Waals surface area contributed by atoms with E-state index in [0.717, 1.165) is 12.8 Å². The topological polar surface area (TPSA) is 74.6 Å². The Morgan fingerprint density at radius 2 is 2.04 bits per heavy atom. The lowest BCUT2D eigenvalue weighted by atomic mass is 10.0. The average molecular weight is 359 g/mol. The summed E-state index contributed by atoms with van der Waals surface area (Å²) >= 11 is 0. The number of aryl methyl sites for hydroxylation is 1. The number of carbonyl (C=O) groups excluding carboxylic acids is 2. The summed E-state index contributed by atoms with van der Waals surface area (Å²) in [6.07, 6.45) is 3.05. The van der Waals surface area contributed by atoms with Gasteiger partial charge in [-0.1, -0.05) is 6.07 Å². The third-order valence-corrected chi connectivity index (χ3v) is 4.50. The van der Waals surface area contributed by atoms with Crippen LogP contribution in [0.4, 0.5) is 10.1 Å². The summed E-state index contributed by atoms with van der Waals surface area (Å²) in [5, 5.41) is 5.71. The van der Waals surface area contributed by atoms with E-state index >= 15 is 0 Å². The molecule has 6 nitrogen and oxygen atoms in total. The Labute approximate surface area is 151 Å². The Balaban J connectivity index is 1.43. The van der Waals surface area contributed by atoms with E-state index in [4.69, 9.17) is 4.42 Å². The number of nitrogens with zero attached hydrogens (tertiary/aromatic N) is 1. The zero-order valence-corrected chi connectivity index (χ0v) is 14.6. The molecule has 0 atom stereocenters. The first-order chi connectivity index (χ1) is 12.5. The van der Waals surface area contributed by atoms with Crippen LogP contribution in [0.2, 0.25) is 0 Å². The van der Waals surface area contributed by atoms with Gasteiger partial charge in [-0.2, -0.15) is 0 Å². The summed E-state index contributed by atoms with van der Waals surface area (Å²) < 4.78 is 18.3. The van der Waals surface area contributed by atoms with Crippen molar-refractivity contribution in [1.82, 2.24) is 10.2 Å². The van der Waals surface area contributed by atoms with Gasteiger partial charge in [0.05, 0.1) is 18.4 Å². The molecule has 0 saturated carbocycles. The molecular formula is C19H22FN3O3. The summed E-state index contributed by atoms with van der Waals surface area (Å²) in [5.74, 6) is -0.0770. The first kappa shape index (κ1) is 18.1. The maximum absolute atomic E-state index is 13.1. The van der Waals surface area contributed by atoms with Gasteiger partial charge in [0.25, 0.3) is 5.91 Å². The molecule has 26 heavy (non-hydrogen) atoms. The molecule has 7 heteroatoms. The van der Waals surface area contributed by atoms with Gasteiger partial charge in [-0.25, -0.2) is 4.39 Å². The minimum atomic E-state index is -0.382. The second-order valence-corrected chi connectivity index (χ2v) is 6.47. The molecule has 1 aliphatic rings. The third-order valence-electron chi connectivity index (χ3n) is 4.50. The molecular weight excluding hydrogens is 337 g/mol. The van der Waals surface area contributed by atoms with Crippen LogP contribution < -0.4 is 10.6 Å². The van der Waals surface area contributed by atoms with E-state index in [2.05, 4.69) is 10.6 Å². The predicted octanol–water partition coefficient (Wildman–Crippen LogP) is 2.56. The Bertz CT molecular complexity index is 782. The van der Waals surface area contributed by atoms with E-state index in [-0.39, 0.29) is 30.2 Å². The lowest BCUT2D eigenvalue weighted by Crippen LogP contribution is -2.46. The molecule has 1 aromatic carbocycles. The van der Waals surface area contributed by atoms with Crippen molar-refractivity contribution in [2.24, 2.45) is 0 Å². The van der Waals surface area contributed by atoms with Gasteiger partial charge >= 0.3 is 0 Å². The van der Waals surface area contributed by atoms with Crippen LogP contribution in [0.15, 0.2) is 41.0 Å². The molecule has 0 radical (unpaired) electrons. The van der Waals surface area contributed by atoms with Crippen LogP contribution in [-0.2, 0) is 4.79 Å². The number of hydrogen-bond acceptors (Lipinski definition) is 4. The van der Waals surface area contributed by atoms with Crippen molar-refractivity contribution in [3.8, 4) is 0 Å². The first-order valence-corrected chi connectivity index (χ1v) is 8.64. The van der Waals surface area contributed by atoms with E-state index in [1.165, 1.54) is 18.4 Å². The Kier molecular flexibility index (Phi) is 5.68. The van der Waals surface area contributed by atoms with Gasteiger partial charge in [0.1, 0.15) is 11.6 Å². The molecule has 1 saturated heterocycles. The van der Waals surface area contributed by atoms with Crippen molar-refractivity contribution >= 4 is 17.5 Å². The molecule has 0 spiro atoms. The number of furan rings is 1. The van der Waals surface area contributed by atoms with Gasteiger partial charge < -0.3 is 15.1 Å². The summed E-state index contributed by atoms with van der Waals surface area (Å²) in [5.41, 5.74) is 1.01. The minimum absolute atomic E-state index is 0.0827. The van der Waals surface area contributed by atoms with Crippen molar-refractivity contribution < 1.29 is 18.4 Å². The monoisotopic (exact) mass is 359 g/mol. The quantitative estimate of drug-likeness (QED) is 0.860. The van der Waals surface area contributed by atoms with Crippen LogP contribution in [0.1, 0.15) is 29.0 Å². The number of rotatable bonds is 5. The van der Waals surface area contributed by atoms with Crippen molar-refractivity contribution in [3.63, 3.8) is 0 Å². The van der Waals surface area contributed by atoms with Gasteiger partial charge in [-0.05, 0) is 44.0 Å². The predicted molar refractivity (Wildman–Crippen MR) is 95.4 cm³/mol. The molecule has 0 aliphatic carbocycles. The number of benzene rings is 1. The Morgan fingerprint density at radius 1 is 1.27 bits per heavy atom. The van der Waals surface area contributed by atoms with E-state index < -0.39 is 0 Å². The van der Waals surface area contributed by atoms with E-state index in [9.17, 15) is 14.0 Å². The summed E-state index contributed by atoms with van der Waals surface area (Å²) in [7, 11) is 0. The highest BCUT2D eigenvalue weighted by Gasteiger charge is 2.23. The summed E-state index contributed by atoms with van der Waals surface area (Å²) in [6, 6.07) is 7.58. The number of piperidine rings is 1. The Morgan fingerprint density at radius 3 is 2.69 bits per heavy atom. The molecule has 0 bridgehead atoms. The fourth-order valence-corrected chi connectivity index (χ4v) is 3.09. The molecule has 1 aliphatic heterocycles. The molecule has 3 rings (SSSR count). The molecule has 0 unspecified atom stereocenters. The average Bonchev–Trinajstić information content (AvgIpc) is 3.03. The SMILES string of the molecule is Cc1occc1C(=O)NC1CCN(CC(=O)Nc2cccc(F)c2)CC1. The van der Waals surface area contributed by atoms with Crippen molar-refractivity contribution in [2.45, 2.75) is 25.8 Å². The molecule has 1 aromatic heterocycles. The van der Waals surface area contributed by atoms with Gasteiger partial charge in [0, 0.05) is 24.8 Å². The Hall–Kier alpha value is -2.67. The highest BCUT2D eigenvalue weighted by atomic mass is 19.1. The normalized spacial score (nSPS) is 15.6. The van der Waals surface area contributed by atoms with Crippen LogP contribution in [0.3, 0.4) is 0 Å². The van der Waals surface area contributed by atoms with Gasteiger partial charge in [-0.3, -0.25) is 14.5 Å². The number of likely N-dealkylation sites (tertiary alicyclic amines) is 1. The fraction of sp³-hybridized carbons (Fsp3) is 0.368. The molecule has 2 heterocycles. The van der Waals surface area contributed by atoms with E-state index in [1.54, 1.807) is 25.1 Å². The molecule has 1 fully saturated rings. The van der Waals surface area contributed by atoms with Crippen LogP contribution in [0.5, 0.6) is 0 Å². The summed E-state index contributed by atoms with van der Waals surface area (Å²) in [6.45, 7) is 3.44. The van der Waals surface area contributed by atoms with Crippen molar-refractivity contribution in [1.29, 1.82) is 0 Å². The van der Waals surface area contributed by atoms with Gasteiger partial charge in [-0.15, -0.1) is 0 Å². The van der Waals surface area contributed by atoms with E-state index in [1.807, 2.05) is 4.90 Å². The van der Waals surface area contributed by atoms with Crippen molar-refractivity contribution in [2.75, 3.05) is 25.0 Å². The molecule has 2 N–H and O–H groups in total. The second kappa shape index (κ2) is 8.14. The maximum Gasteiger partial charge on any atom is 0.255 e. The summed E-state index contributed by atoms with van der Waals surface area (Å²) in [4.78, 5) is 26.3. The molecule has 138 valence electrons. The second-order valence-electron chi connectivity index (χ2n) is 6.47. The van der Waals surface area contributed by atoms with Crippen molar-refractivity contribution in [3.05, 3.63) is 53.7 Å². The van der Waals surface area contributed by atoms with Gasteiger partial charge in [0.2, 0.25) is 5.91 Å². The zero-order chi connectivity index (χ0) is 18.5. The largest absolute Gasteiger partial charge is 0.469 e. The lowest BCUT2D eigenvalue weighted by Gasteiger charge is -2.31. The highest BCUT2D eigenvalue weighted by Crippen LogP contribution is 2.14. The number of amides is 2. The maximum atomic E-state index is 13.1. The zero-order valence-electron chi connectivity index (χ0n) is 14.6. The van der Waals surface area contributed by atoms with Crippen LogP contribution in [0.25, 0.3) is 0 Å². The number of hydrogen-bond donors (Lipinski definition) is 2. The standard InChI is InChI=1S/C19H22FN3O3/c1-13-17(7-10-26-13)19(25)22-15-5-8-23(9-6-15)12-18(24)21-16-4-2-3-14(20)11-16/h2-4,7,10-11,15H,5-6,8-9,12H2,1H3,(H,21,24)(H,22,25). The number of halogens is 1. The highest BCUT2D eigenvalue weighted by molar-refractivity contribution is 5.95. The molecule has 2 aromatic rings. The van der Waals surface area contributed by atoms with Crippen LogP contribution in [-0.4, -0.2) is 42.4 Å². The smallest absolute Gasteiger partial charge is 0.255 e. The first-order valence-electron chi connectivity index (χ1n) is 8.64. The van der Waals surface area contributed by atoms with E-state index in [0.29, 0.717) is 30.1 Å². The van der Waals surface area contributed by atoms with Crippen LogP contribution in [0, 0.1) is 12.7 Å². The van der Waals surface area contributed by atoms with Crippen LogP contribution >= 0.6 is 0 Å². The minimum Gasteiger partial charge on any atom is -0.469 e. The third kappa shape index (κ3) is 4.70. The molecule has 2 amide bonds. The lowest BCUT2D eigenvalue weighted by molar-refractivity contribution is -0.117. The number of carbonyl (C=O) groups is 2. The number of anilines is 1.